The Labute approximate surface area is 110 Å². The van der Waals surface area contributed by atoms with Crippen molar-refractivity contribution in [2.45, 2.75) is 6.54 Å². The lowest BCUT2D eigenvalue weighted by atomic mass is 10.3. The number of ether oxygens (including phenoxy) is 2. The summed E-state index contributed by atoms with van der Waals surface area (Å²) in [7, 11) is 1.60. The molecule has 1 aromatic heterocycles. The Morgan fingerprint density at radius 1 is 1.28 bits per heavy atom. The molecule has 0 unspecified atom stereocenters. The first-order chi connectivity index (χ1) is 8.72. The van der Waals surface area contributed by atoms with E-state index >= 15 is 0 Å². The molecule has 0 spiro atoms. The summed E-state index contributed by atoms with van der Waals surface area (Å²) in [4.78, 5) is 4.12. The molecule has 0 aliphatic carbocycles. The Morgan fingerprint density at radius 2 is 2.06 bits per heavy atom. The highest BCUT2D eigenvalue weighted by molar-refractivity contribution is 6.31. The van der Waals surface area contributed by atoms with E-state index in [1.54, 1.807) is 31.5 Å². The Hall–Kier alpha value is -1.78. The van der Waals surface area contributed by atoms with Gasteiger partial charge in [0.25, 0.3) is 0 Å². The van der Waals surface area contributed by atoms with Crippen molar-refractivity contribution in [3.63, 3.8) is 0 Å². The highest BCUT2D eigenvalue weighted by atomic mass is 35.5. The second-order valence-corrected chi connectivity index (χ2v) is 4.02. The van der Waals surface area contributed by atoms with Crippen molar-refractivity contribution in [3.8, 4) is 17.4 Å². The van der Waals surface area contributed by atoms with E-state index in [0.717, 1.165) is 5.56 Å². The average molecular weight is 265 g/mol. The Bertz CT molecular complexity index is 546. The highest BCUT2D eigenvalue weighted by Crippen LogP contribution is 2.29. The van der Waals surface area contributed by atoms with E-state index in [0.29, 0.717) is 28.9 Å². The summed E-state index contributed by atoms with van der Waals surface area (Å²) in [6.45, 7) is 0.395. The first kappa shape index (κ1) is 12.7. The molecule has 0 saturated heterocycles. The van der Waals surface area contributed by atoms with Gasteiger partial charge in [-0.05, 0) is 23.8 Å². The molecule has 1 aromatic carbocycles. The maximum Gasteiger partial charge on any atom is 0.238 e. The molecule has 1 heterocycles. The number of pyridine rings is 1. The van der Waals surface area contributed by atoms with Gasteiger partial charge in [0.15, 0.2) is 0 Å². The SMILES string of the molecule is COc1cccc(Oc2ncc(CN)cc2Cl)c1. The third-order valence-electron chi connectivity index (χ3n) is 2.36. The molecule has 2 aromatic rings. The van der Waals surface area contributed by atoms with Crippen molar-refractivity contribution in [2.75, 3.05) is 7.11 Å². The zero-order valence-electron chi connectivity index (χ0n) is 9.89. The molecule has 0 amide bonds. The van der Waals surface area contributed by atoms with Crippen molar-refractivity contribution in [1.82, 2.24) is 4.98 Å². The van der Waals surface area contributed by atoms with Gasteiger partial charge in [-0.3, -0.25) is 0 Å². The van der Waals surface area contributed by atoms with Crippen LogP contribution in [0, 0.1) is 0 Å². The van der Waals surface area contributed by atoms with Crippen molar-refractivity contribution < 1.29 is 9.47 Å². The third kappa shape index (κ3) is 2.91. The van der Waals surface area contributed by atoms with Crippen LogP contribution in [0.25, 0.3) is 0 Å². The quantitative estimate of drug-likeness (QED) is 0.922. The van der Waals surface area contributed by atoms with Crippen LogP contribution in [0.1, 0.15) is 5.56 Å². The molecule has 0 fully saturated rings. The van der Waals surface area contributed by atoms with Crippen molar-refractivity contribution >= 4 is 11.6 Å². The molecule has 4 nitrogen and oxygen atoms in total. The molecular formula is C13H13ClN2O2. The minimum atomic E-state index is 0.349. The molecule has 2 N–H and O–H groups in total. The van der Waals surface area contributed by atoms with Crippen LogP contribution < -0.4 is 15.2 Å². The molecule has 94 valence electrons. The first-order valence-corrected chi connectivity index (χ1v) is 5.77. The fraction of sp³-hybridized carbons (Fsp3) is 0.154. The van der Waals surface area contributed by atoms with Gasteiger partial charge >= 0.3 is 0 Å². The fourth-order valence-electron chi connectivity index (χ4n) is 1.43. The summed E-state index contributed by atoms with van der Waals surface area (Å²) in [5, 5.41) is 0.431. The lowest BCUT2D eigenvalue weighted by Crippen LogP contribution is -1.98. The number of halogens is 1. The summed E-state index contributed by atoms with van der Waals surface area (Å²) in [6, 6.07) is 8.96. The predicted octanol–water partition coefficient (Wildman–Crippen LogP) is 2.99. The standard InChI is InChI=1S/C13H13ClN2O2/c1-17-10-3-2-4-11(6-10)18-13-12(14)5-9(7-15)8-16-13/h2-6,8H,7,15H2,1H3. The van der Waals surface area contributed by atoms with Gasteiger partial charge in [-0.15, -0.1) is 0 Å². The number of hydrogen-bond acceptors (Lipinski definition) is 4. The number of nitrogens with zero attached hydrogens (tertiary/aromatic N) is 1. The molecule has 2 rings (SSSR count). The second kappa shape index (κ2) is 5.71. The number of rotatable bonds is 4. The highest BCUT2D eigenvalue weighted by Gasteiger charge is 2.06. The lowest BCUT2D eigenvalue weighted by molar-refractivity contribution is 0.407. The van der Waals surface area contributed by atoms with Gasteiger partial charge < -0.3 is 15.2 Å². The fourth-order valence-corrected chi connectivity index (χ4v) is 1.66. The van der Waals surface area contributed by atoms with Gasteiger partial charge in [-0.2, -0.15) is 0 Å². The van der Waals surface area contributed by atoms with E-state index in [2.05, 4.69) is 4.98 Å². The average Bonchev–Trinajstić information content (AvgIpc) is 2.41. The molecule has 5 heteroatoms. The molecular weight excluding hydrogens is 252 g/mol. The Morgan fingerprint density at radius 3 is 2.72 bits per heavy atom. The molecule has 0 bridgehead atoms. The summed E-state index contributed by atoms with van der Waals surface area (Å²) in [5.74, 6) is 1.67. The minimum Gasteiger partial charge on any atom is -0.497 e. The van der Waals surface area contributed by atoms with E-state index in [9.17, 15) is 0 Å². The third-order valence-corrected chi connectivity index (χ3v) is 2.63. The summed E-state index contributed by atoms with van der Waals surface area (Å²) >= 11 is 6.06. The number of hydrogen-bond donors (Lipinski definition) is 1. The normalized spacial score (nSPS) is 10.2. The molecule has 0 atom stereocenters. The largest absolute Gasteiger partial charge is 0.497 e. The van der Waals surface area contributed by atoms with Crippen LogP contribution >= 0.6 is 11.6 Å². The van der Waals surface area contributed by atoms with Crippen LogP contribution in [0.2, 0.25) is 5.02 Å². The zero-order chi connectivity index (χ0) is 13.0. The maximum atomic E-state index is 6.06. The molecule has 0 aliphatic rings. The van der Waals surface area contributed by atoms with E-state index in [-0.39, 0.29) is 0 Å². The van der Waals surface area contributed by atoms with Crippen LogP contribution in [0.4, 0.5) is 0 Å². The monoisotopic (exact) mass is 264 g/mol. The van der Waals surface area contributed by atoms with Gasteiger partial charge in [0, 0.05) is 18.8 Å². The lowest BCUT2D eigenvalue weighted by Gasteiger charge is -2.08. The van der Waals surface area contributed by atoms with E-state index in [4.69, 9.17) is 26.8 Å². The molecule has 18 heavy (non-hydrogen) atoms. The van der Waals surface area contributed by atoms with Crippen LogP contribution in [-0.2, 0) is 6.54 Å². The Kier molecular flexibility index (Phi) is 4.02. The maximum absolute atomic E-state index is 6.06. The number of methoxy groups -OCH3 is 1. The second-order valence-electron chi connectivity index (χ2n) is 3.62. The van der Waals surface area contributed by atoms with Crippen molar-refractivity contribution in [3.05, 3.63) is 47.1 Å². The summed E-state index contributed by atoms with van der Waals surface area (Å²) in [5.41, 5.74) is 6.36. The van der Waals surface area contributed by atoms with Crippen molar-refractivity contribution in [1.29, 1.82) is 0 Å². The smallest absolute Gasteiger partial charge is 0.238 e. The van der Waals surface area contributed by atoms with E-state index < -0.39 is 0 Å². The topological polar surface area (TPSA) is 57.4 Å². The predicted molar refractivity (Wildman–Crippen MR) is 70.2 cm³/mol. The Balaban J connectivity index is 2.22. The zero-order valence-corrected chi connectivity index (χ0v) is 10.6. The molecule has 0 saturated carbocycles. The minimum absolute atomic E-state index is 0.349. The summed E-state index contributed by atoms with van der Waals surface area (Å²) < 4.78 is 10.7. The van der Waals surface area contributed by atoms with E-state index in [1.807, 2.05) is 12.1 Å². The van der Waals surface area contributed by atoms with Crippen LogP contribution in [-0.4, -0.2) is 12.1 Å². The summed E-state index contributed by atoms with van der Waals surface area (Å²) in [6.07, 6.45) is 1.64. The van der Waals surface area contributed by atoms with E-state index in [1.165, 1.54) is 0 Å². The van der Waals surface area contributed by atoms with Crippen LogP contribution in [0.5, 0.6) is 17.4 Å². The van der Waals surface area contributed by atoms with Gasteiger partial charge in [-0.1, -0.05) is 17.7 Å². The van der Waals surface area contributed by atoms with Crippen LogP contribution in [0.3, 0.4) is 0 Å². The molecule has 0 radical (unpaired) electrons. The van der Waals surface area contributed by atoms with Crippen LogP contribution in [0.15, 0.2) is 36.5 Å². The van der Waals surface area contributed by atoms with Gasteiger partial charge in [0.2, 0.25) is 5.88 Å². The molecule has 0 aliphatic heterocycles. The number of aromatic nitrogens is 1. The van der Waals surface area contributed by atoms with Gasteiger partial charge in [-0.25, -0.2) is 4.98 Å². The van der Waals surface area contributed by atoms with Gasteiger partial charge in [0.05, 0.1) is 7.11 Å². The number of nitrogens with two attached hydrogens (primary N) is 1. The van der Waals surface area contributed by atoms with Crippen molar-refractivity contribution in [2.24, 2.45) is 5.73 Å². The van der Waals surface area contributed by atoms with Gasteiger partial charge in [0.1, 0.15) is 16.5 Å². The first-order valence-electron chi connectivity index (χ1n) is 5.39. The number of benzene rings is 1.